The molecular weight excluding hydrogens is 275 g/mol. The van der Waals surface area contributed by atoms with Crippen molar-refractivity contribution in [2.45, 2.75) is 46.1 Å². The predicted octanol–water partition coefficient (Wildman–Crippen LogP) is 4.83. The van der Waals surface area contributed by atoms with Gasteiger partial charge < -0.3 is 5.32 Å². The van der Waals surface area contributed by atoms with Crippen LogP contribution in [0.25, 0.3) is 0 Å². The average molecular weight is 299 g/mol. The van der Waals surface area contributed by atoms with Crippen molar-refractivity contribution in [1.82, 2.24) is 5.32 Å². The maximum atomic E-state index is 13.5. The Morgan fingerprint density at radius 1 is 1.05 bits per heavy atom. The SMILES string of the molecule is CCNC(c1cc(F)c(F)c(F)c1)C1CC(C)CC(C)C1. The second kappa shape index (κ2) is 6.82. The van der Waals surface area contributed by atoms with Crippen LogP contribution in [0.5, 0.6) is 0 Å². The number of rotatable bonds is 4. The van der Waals surface area contributed by atoms with E-state index in [1.54, 1.807) is 0 Å². The van der Waals surface area contributed by atoms with E-state index in [2.05, 4.69) is 19.2 Å². The molecule has 0 spiro atoms. The molecule has 0 bridgehead atoms. The number of halogens is 3. The van der Waals surface area contributed by atoms with Crippen molar-refractivity contribution in [3.8, 4) is 0 Å². The van der Waals surface area contributed by atoms with Crippen LogP contribution >= 0.6 is 0 Å². The largest absolute Gasteiger partial charge is 0.310 e. The first-order chi connectivity index (χ1) is 9.92. The van der Waals surface area contributed by atoms with Crippen LogP contribution in [-0.4, -0.2) is 6.54 Å². The van der Waals surface area contributed by atoms with Crippen LogP contribution in [0.1, 0.15) is 51.6 Å². The molecule has 1 N–H and O–H groups in total. The lowest BCUT2D eigenvalue weighted by molar-refractivity contribution is 0.177. The van der Waals surface area contributed by atoms with E-state index >= 15 is 0 Å². The quantitative estimate of drug-likeness (QED) is 0.785. The molecule has 1 nitrogen and oxygen atoms in total. The molecule has 1 fully saturated rings. The molecule has 3 unspecified atom stereocenters. The first kappa shape index (κ1) is 16.3. The molecule has 1 saturated carbocycles. The molecule has 1 aliphatic carbocycles. The molecule has 4 heteroatoms. The third-order valence-electron chi connectivity index (χ3n) is 4.48. The minimum Gasteiger partial charge on any atom is -0.310 e. The van der Waals surface area contributed by atoms with Crippen LogP contribution in [0.3, 0.4) is 0 Å². The van der Waals surface area contributed by atoms with Gasteiger partial charge in [-0.15, -0.1) is 0 Å². The lowest BCUT2D eigenvalue weighted by atomic mass is 9.72. The molecule has 1 aromatic carbocycles. The Morgan fingerprint density at radius 3 is 2.05 bits per heavy atom. The van der Waals surface area contributed by atoms with Crippen molar-refractivity contribution in [2.75, 3.05) is 6.54 Å². The van der Waals surface area contributed by atoms with E-state index < -0.39 is 17.5 Å². The van der Waals surface area contributed by atoms with Crippen LogP contribution in [-0.2, 0) is 0 Å². The molecule has 1 aliphatic rings. The van der Waals surface area contributed by atoms with Crippen molar-refractivity contribution in [2.24, 2.45) is 17.8 Å². The van der Waals surface area contributed by atoms with E-state index in [1.165, 1.54) is 6.42 Å². The van der Waals surface area contributed by atoms with Gasteiger partial charge in [-0.25, -0.2) is 13.2 Å². The highest BCUT2D eigenvalue weighted by Crippen LogP contribution is 2.40. The lowest BCUT2D eigenvalue weighted by Crippen LogP contribution is -2.33. The monoisotopic (exact) mass is 299 g/mol. The maximum Gasteiger partial charge on any atom is 0.194 e. The Morgan fingerprint density at radius 2 is 1.57 bits per heavy atom. The van der Waals surface area contributed by atoms with Crippen molar-refractivity contribution in [3.05, 3.63) is 35.1 Å². The smallest absolute Gasteiger partial charge is 0.194 e. The number of hydrogen-bond donors (Lipinski definition) is 1. The summed E-state index contributed by atoms with van der Waals surface area (Å²) in [5.41, 5.74) is 0.513. The van der Waals surface area contributed by atoms with Crippen LogP contribution in [0.15, 0.2) is 12.1 Å². The highest BCUT2D eigenvalue weighted by atomic mass is 19.2. The minimum absolute atomic E-state index is 0.121. The van der Waals surface area contributed by atoms with Gasteiger partial charge in [-0.2, -0.15) is 0 Å². The molecule has 3 atom stereocenters. The molecular formula is C17H24F3N. The van der Waals surface area contributed by atoms with Gasteiger partial charge >= 0.3 is 0 Å². The van der Waals surface area contributed by atoms with Crippen LogP contribution < -0.4 is 5.32 Å². The van der Waals surface area contributed by atoms with E-state index in [1.807, 2.05) is 6.92 Å². The number of hydrogen-bond acceptors (Lipinski definition) is 1. The van der Waals surface area contributed by atoms with E-state index in [9.17, 15) is 13.2 Å². The zero-order valence-corrected chi connectivity index (χ0v) is 12.9. The fourth-order valence-corrected chi connectivity index (χ4v) is 3.81. The van der Waals surface area contributed by atoms with Crippen LogP contribution in [0.2, 0.25) is 0 Å². The third-order valence-corrected chi connectivity index (χ3v) is 4.48. The van der Waals surface area contributed by atoms with Gasteiger partial charge in [0.1, 0.15) is 0 Å². The Balaban J connectivity index is 2.30. The number of benzene rings is 1. The Hall–Kier alpha value is -1.03. The summed E-state index contributed by atoms with van der Waals surface area (Å²) < 4.78 is 40.2. The standard InChI is InChI=1S/C17H24F3N/c1-4-21-17(12-6-10(2)5-11(3)7-12)13-8-14(18)16(20)15(19)9-13/h8-12,17,21H,4-7H2,1-3H3. The molecule has 0 amide bonds. The first-order valence-corrected chi connectivity index (χ1v) is 7.80. The average Bonchev–Trinajstić information content (AvgIpc) is 2.40. The summed E-state index contributed by atoms with van der Waals surface area (Å²) in [6, 6.07) is 2.15. The second-order valence-corrected chi connectivity index (χ2v) is 6.51. The summed E-state index contributed by atoms with van der Waals surface area (Å²) in [7, 11) is 0. The summed E-state index contributed by atoms with van der Waals surface area (Å²) in [6.45, 7) is 7.12. The fraction of sp³-hybridized carbons (Fsp3) is 0.647. The van der Waals surface area contributed by atoms with E-state index in [0.29, 0.717) is 29.9 Å². The Labute approximate surface area is 124 Å². The van der Waals surface area contributed by atoms with E-state index in [0.717, 1.165) is 25.0 Å². The van der Waals surface area contributed by atoms with E-state index in [4.69, 9.17) is 0 Å². The summed E-state index contributed by atoms with van der Waals surface area (Å²) in [5.74, 6) is -2.06. The lowest BCUT2D eigenvalue weighted by Gasteiger charge is -2.37. The predicted molar refractivity (Wildman–Crippen MR) is 78.4 cm³/mol. The zero-order chi connectivity index (χ0) is 15.6. The number of nitrogens with one attached hydrogen (secondary N) is 1. The van der Waals surface area contributed by atoms with Gasteiger partial charge in [0.15, 0.2) is 17.5 Å². The molecule has 0 aromatic heterocycles. The summed E-state index contributed by atoms with van der Waals surface area (Å²) >= 11 is 0. The Bertz CT molecular complexity index is 456. The highest BCUT2D eigenvalue weighted by Gasteiger charge is 2.31. The molecule has 118 valence electrons. The van der Waals surface area contributed by atoms with E-state index in [-0.39, 0.29) is 6.04 Å². The van der Waals surface area contributed by atoms with Gasteiger partial charge in [0.2, 0.25) is 0 Å². The van der Waals surface area contributed by atoms with Gasteiger partial charge in [-0.05, 0) is 61.3 Å². The molecule has 0 heterocycles. The van der Waals surface area contributed by atoms with Crippen molar-refractivity contribution in [1.29, 1.82) is 0 Å². The molecule has 0 saturated heterocycles. The van der Waals surface area contributed by atoms with Gasteiger partial charge in [0.05, 0.1) is 0 Å². The molecule has 0 aliphatic heterocycles. The first-order valence-electron chi connectivity index (χ1n) is 7.80. The molecule has 0 radical (unpaired) electrons. The second-order valence-electron chi connectivity index (χ2n) is 6.51. The molecule has 1 aromatic rings. The summed E-state index contributed by atoms with van der Waals surface area (Å²) in [6.07, 6.45) is 3.26. The third kappa shape index (κ3) is 3.79. The minimum atomic E-state index is -1.39. The summed E-state index contributed by atoms with van der Waals surface area (Å²) in [4.78, 5) is 0. The van der Waals surface area contributed by atoms with Crippen LogP contribution in [0, 0.1) is 35.2 Å². The van der Waals surface area contributed by atoms with Gasteiger partial charge in [-0.1, -0.05) is 20.8 Å². The zero-order valence-electron chi connectivity index (χ0n) is 12.9. The van der Waals surface area contributed by atoms with Gasteiger partial charge in [-0.3, -0.25) is 0 Å². The highest BCUT2D eigenvalue weighted by molar-refractivity contribution is 5.23. The van der Waals surface area contributed by atoms with Crippen molar-refractivity contribution in [3.63, 3.8) is 0 Å². The van der Waals surface area contributed by atoms with Gasteiger partial charge in [0.25, 0.3) is 0 Å². The normalized spacial score (nSPS) is 27.6. The van der Waals surface area contributed by atoms with Crippen molar-refractivity contribution >= 4 is 0 Å². The van der Waals surface area contributed by atoms with Crippen molar-refractivity contribution < 1.29 is 13.2 Å². The molecule has 21 heavy (non-hydrogen) atoms. The topological polar surface area (TPSA) is 12.0 Å². The molecule has 2 rings (SSSR count). The summed E-state index contributed by atoms with van der Waals surface area (Å²) in [5, 5.41) is 3.33. The Kier molecular flexibility index (Phi) is 5.31. The maximum absolute atomic E-state index is 13.5. The fourth-order valence-electron chi connectivity index (χ4n) is 3.81. The van der Waals surface area contributed by atoms with Gasteiger partial charge in [0, 0.05) is 6.04 Å². The van der Waals surface area contributed by atoms with Crippen LogP contribution in [0.4, 0.5) is 13.2 Å².